The summed E-state index contributed by atoms with van der Waals surface area (Å²) in [7, 11) is 0. The average Bonchev–Trinajstić information content (AvgIpc) is 2.72. The number of halogens is 1. The minimum atomic E-state index is -0.497. The zero-order valence-corrected chi connectivity index (χ0v) is 16.8. The van der Waals surface area contributed by atoms with Gasteiger partial charge in [-0.1, -0.05) is 48.9 Å². The number of aryl methyl sites for hydroxylation is 1. The summed E-state index contributed by atoms with van der Waals surface area (Å²) in [5, 5.41) is 3.85. The second-order valence-corrected chi connectivity index (χ2v) is 7.79. The Morgan fingerprint density at radius 2 is 1.93 bits per heavy atom. The van der Waals surface area contributed by atoms with Crippen LogP contribution in [0, 0.1) is 5.92 Å². The lowest BCUT2D eigenvalue weighted by atomic mass is 9.84. The molecule has 1 heterocycles. The van der Waals surface area contributed by atoms with E-state index in [9.17, 15) is 9.59 Å². The van der Waals surface area contributed by atoms with Gasteiger partial charge in [0.2, 0.25) is 0 Å². The number of nitrogens with zero attached hydrogens (tertiary/aromatic N) is 1. The Kier molecular flexibility index (Phi) is 5.49. The molecule has 0 unspecified atom stereocenters. The van der Waals surface area contributed by atoms with Crippen LogP contribution in [0.2, 0.25) is 5.02 Å². The predicted octanol–water partition coefficient (Wildman–Crippen LogP) is 4.81. The topological polar surface area (TPSA) is 68.3 Å². The number of anilines is 1. The van der Waals surface area contributed by atoms with Gasteiger partial charge in [0.15, 0.2) is 6.61 Å². The van der Waals surface area contributed by atoms with E-state index in [-0.39, 0.29) is 6.61 Å². The van der Waals surface area contributed by atoms with E-state index in [1.165, 1.54) is 0 Å². The van der Waals surface area contributed by atoms with E-state index in [0.29, 0.717) is 22.2 Å². The number of fused-ring (bicyclic) bond motifs is 2. The van der Waals surface area contributed by atoms with Crippen LogP contribution in [0.1, 0.15) is 35.0 Å². The van der Waals surface area contributed by atoms with E-state index < -0.39 is 11.9 Å². The minimum Gasteiger partial charge on any atom is -0.452 e. The first-order chi connectivity index (χ1) is 14.0. The highest BCUT2D eigenvalue weighted by atomic mass is 35.5. The zero-order valence-electron chi connectivity index (χ0n) is 16.1. The quantitative estimate of drug-likeness (QED) is 0.629. The van der Waals surface area contributed by atoms with Crippen molar-refractivity contribution < 1.29 is 14.3 Å². The van der Waals surface area contributed by atoms with Crippen molar-refractivity contribution >= 4 is 40.1 Å². The first-order valence-corrected chi connectivity index (χ1v) is 10.0. The van der Waals surface area contributed by atoms with Gasteiger partial charge in [0, 0.05) is 11.1 Å². The molecule has 1 amide bonds. The predicted molar refractivity (Wildman–Crippen MR) is 113 cm³/mol. The molecule has 1 N–H and O–H groups in total. The molecule has 6 heteroatoms. The molecular weight excluding hydrogens is 388 g/mol. The summed E-state index contributed by atoms with van der Waals surface area (Å²) < 4.78 is 5.39. The molecule has 0 bridgehead atoms. The average molecular weight is 409 g/mol. The highest BCUT2D eigenvalue weighted by molar-refractivity contribution is 6.33. The lowest BCUT2D eigenvalue weighted by Gasteiger charge is -2.24. The molecule has 0 saturated heterocycles. The van der Waals surface area contributed by atoms with Gasteiger partial charge in [-0.15, -0.1) is 0 Å². The normalized spacial score (nSPS) is 15.6. The summed E-state index contributed by atoms with van der Waals surface area (Å²) >= 11 is 6.06. The van der Waals surface area contributed by atoms with Gasteiger partial charge < -0.3 is 10.1 Å². The smallest absolute Gasteiger partial charge is 0.339 e. The number of hydrogen-bond acceptors (Lipinski definition) is 4. The molecule has 3 aromatic rings. The number of esters is 1. The van der Waals surface area contributed by atoms with Crippen LogP contribution in [0.15, 0.2) is 48.5 Å². The Morgan fingerprint density at radius 1 is 1.17 bits per heavy atom. The highest BCUT2D eigenvalue weighted by Gasteiger charge is 2.26. The van der Waals surface area contributed by atoms with Crippen LogP contribution >= 0.6 is 11.6 Å². The largest absolute Gasteiger partial charge is 0.452 e. The lowest BCUT2D eigenvalue weighted by Crippen LogP contribution is -2.23. The molecule has 1 aromatic heterocycles. The molecule has 2 aromatic carbocycles. The first-order valence-electron chi connectivity index (χ1n) is 9.65. The van der Waals surface area contributed by atoms with Crippen molar-refractivity contribution in [2.24, 2.45) is 5.92 Å². The molecule has 0 saturated carbocycles. The van der Waals surface area contributed by atoms with Gasteiger partial charge in [0.25, 0.3) is 5.91 Å². The van der Waals surface area contributed by atoms with Crippen LogP contribution in [0.4, 0.5) is 5.69 Å². The van der Waals surface area contributed by atoms with Crippen LogP contribution in [0.5, 0.6) is 0 Å². The van der Waals surface area contributed by atoms with Gasteiger partial charge in [-0.25, -0.2) is 4.79 Å². The Hall–Kier alpha value is -2.92. The van der Waals surface area contributed by atoms with E-state index in [4.69, 9.17) is 21.3 Å². The summed E-state index contributed by atoms with van der Waals surface area (Å²) in [4.78, 5) is 30.0. The second-order valence-electron chi connectivity index (χ2n) is 7.38. The standard InChI is InChI=1S/C23H21ClN2O3/c1-14-10-11-19-16(12-14)22(15-6-2-4-8-18(15)25-19)23(28)29-13-21(27)26-20-9-5-3-7-17(20)24/h2-9,14H,10-13H2,1H3,(H,26,27)/t14-/m0/s1. The summed E-state index contributed by atoms with van der Waals surface area (Å²) in [6.45, 7) is 1.79. The number of carbonyl (C=O) groups is 2. The molecular formula is C23H21ClN2O3. The number of pyridine rings is 1. The van der Waals surface area contributed by atoms with E-state index in [1.807, 2.05) is 24.3 Å². The van der Waals surface area contributed by atoms with Crippen molar-refractivity contribution in [3.05, 3.63) is 70.4 Å². The molecule has 148 valence electrons. The Labute approximate surface area is 174 Å². The summed E-state index contributed by atoms with van der Waals surface area (Å²) in [5.41, 5.74) is 3.68. The lowest BCUT2D eigenvalue weighted by molar-refractivity contribution is -0.119. The van der Waals surface area contributed by atoms with Crippen molar-refractivity contribution in [3.63, 3.8) is 0 Å². The van der Waals surface area contributed by atoms with E-state index >= 15 is 0 Å². The molecule has 1 atom stereocenters. The Balaban J connectivity index is 1.57. The summed E-state index contributed by atoms with van der Waals surface area (Å²) in [6.07, 6.45) is 2.67. The highest BCUT2D eigenvalue weighted by Crippen LogP contribution is 2.32. The third-order valence-corrected chi connectivity index (χ3v) is 5.52. The third kappa shape index (κ3) is 4.10. The number of amides is 1. The van der Waals surface area contributed by atoms with Crippen molar-refractivity contribution in [1.29, 1.82) is 0 Å². The monoisotopic (exact) mass is 408 g/mol. The fourth-order valence-electron chi connectivity index (χ4n) is 3.75. The number of rotatable bonds is 4. The van der Waals surface area contributed by atoms with Crippen molar-refractivity contribution in [3.8, 4) is 0 Å². The Bertz CT molecular complexity index is 1100. The van der Waals surface area contributed by atoms with Crippen molar-refractivity contribution in [1.82, 2.24) is 4.98 Å². The molecule has 0 spiro atoms. The van der Waals surface area contributed by atoms with Crippen LogP contribution in [0.25, 0.3) is 10.9 Å². The molecule has 4 rings (SSSR count). The number of carbonyl (C=O) groups excluding carboxylic acids is 2. The number of benzene rings is 2. The third-order valence-electron chi connectivity index (χ3n) is 5.19. The van der Waals surface area contributed by atoms with Gasteiger partial charge >= 0.3 is 5.97 Å². The van der Waals surface area contributed by atoms with E-state index in [0.717, 1.165) is 41.4 Å². The number of ether oxygens (including phenoxy) is 1. The summed E-state index contributed by atoms with van der Waals surface area (Å²) in [6, 6.07) is 14.5. The molecule has 1 aliphatic carbocycles. The number of aromatic nitrogens is 1. The van der Waals surface area contributed by atoms with Crippen LogP contribution in [0.3, 0.4) is 0 Å². The fourth-order valence-corrected chi connectivity index (χ4v) is 3.93. The van der Waals surface area contributed by atoms with Gasteiger partial charge in [-0.3, -0.25) is 9.78 Å². The van der Waals surface area contributed by atoms with Gasteiger partial charge in [0.05, 0.1) is 21.8 Å². The molecule has 29 heavy (non-hydrogen) atoms. The first kappa shape index (κ1) is 19.4. The maximum absolute atomic E-state index is 13.0. The van der Waals surface area contributed by atoms with E-state index in [1.54, 1.807) is 24.3 Å². The SMILES string of the molecule is C[C@H]1CCc2nc3ccccc3c(C(=O)OCC(=O)Nc3ccccc3Cl)c2C1. The molecule has 0 fully saturated rings. The molecule has 5 nitrogen and oxygen atoms in total. The fraction of sp³-hybridized carbons (Fsp3) is 0.261. The molecule has 1 aliphatic rings. The Morgan fingerprint density at radius 3 is 2.76 bits per heavy atom. The minimum absolute atomic E-state index is 0.384. The summed E-state index contributed by atoms with van der Waals surface area (Å²) in [5.74, 6) is -0.462. The van der Waals surface area contributed by atoms with Crippen molar-refractivity contribution in [2.75, 3.05) is 11.9 Å². The van der Waals surface area contributed by atoms with Gasteiger partial charge in [0.1, 0.15) is 0 Å². The van der Waals surface area contributed by atoms with Gasteiger partial charge in [-0.2, -0.15) is 0 Å². The van der Waals surface area contributed by atoms with Crippen LogP contribution in [-0.4, -0.2) is 23.5 Å². The maximum atomic E-state index is 13.0. The van der Waals surface area contributed by atoms with E-state index in [2.05, 4.69) is 12.2 Å². The molecule has 0 radical (unpaired) electrons. The zero-order chi connectivity index (χ0) is 20.4. The molecule has 0 aliphatic heterocycles. The number of hydrogen-bond donors (Lipinski definition) is 1. The number of para-hydroxylation sites is 2. The van der Waals surface area contributed by atoms with Crippen molar-refractivity contribution in [2.45, 2.75) is 26.2 Å². The van der Waals surface area contributed by atoms with Gasteiger partial charge in [-0.05, 0) is 48.9 Å². The number of nitrogens with one attached hydrogen (secondary N) is 1. The van der Waals surface area contributed by atoms with Crippen LogP contribution < -0.4 is 5.32 Å². The maximum Gasteiger partial charge on any atom is 0.339 e. The van der Waals surface area contributed by atoms with Crippen LogP contribution in [-0.2, 0) is 22.4 Å². The second kappa shape index (κ2) is 8.21.